The summed E-state index contributed by atoms with van der Waals surface area (Å²) in [6, 6.07) is 9.98. The zero-order valence-corrected chi connectivity index (χ0v) is 19.4. The molecule has 1 aromatic rings. The number of ether oxygens (including phenoxy) is 6. The molecule has 5 rings (SSSR count). The molecular formula is C23H35NO9. The van der Waals surface area contributed by atoms with Crippen LogP contribution in [0, 0.1) is 5.41 Å². The predicted molar refractivity (Wildman–Crippen MR) is 116 cm³/mol. The molecule has 0 radical (unpaired) electrons. The maximum absolute atomic E-state index is 10.2. The summed E-state index contributed by atoms with van der Waals surface area (Å²) in [4.78, 5) is 0. The molecule has 0 spiro atoms. The predicted octanol–water partition coefficient (Wildman–Crippen LogP) is 0.948. The maximum atomic E-state index is 10.2. The molecule has 4 saturated heterocycles. The molecule has 33 heavy (non-hydrogen) atoms. The van der Waals surface area contributed by atoms with E-state index in [4.69, 9.17) is 38.9 Å². The van der Waals surface area contributed by atoms with E-state index in [1.807, 2.05) is 44.2 Å². The van der Waals surface area contributed by atoms with Crippen molar-refractivity contribution in [1.29, 1.82) is 5.41 Å². The van der Waals surface area contributed by atoms with Crippen LogP contribution in [0.4, 0.5) is 0 Å². The van der Waals surface area contributed by atoms with E-state index < -0.39 is 48.6 Å². The molecule has 4 aliphatic rings. The number of nitrogens with one attached hydrogen (secondary N) is 1. The average Bonchev–Trinajstić information content (AvgIpc) is 3.43. The minimum Gasteiger partial charge on any atom is -0.394 e. The van der Waals surface area contributed by atoms with E-state index in [1.54, 1.807) is 13.8 Å². The van der Waals surface area contributed by atoms with Gasteiger partial charge in [-0.15, -0.1) is 0 Å². The fourth-order valence-electron chi connectivity index (χ4n) is 4.28. The van der Waals surface area contributed by atoms with Crippen molar-refractivity contribution in [1.82, 2.24) is 0 Å². The number of aliphatic hydroxyl groups excluding tert-OH is 3. The third-order valence-electron chi connectivity index (χ3n) is 5.69. The molecule has 0 aliphatic carbocycles. The van der Waals surface area contributed by atoms with Crippen LogP contribution in [0.15, 0.2) is 30.3 Å². The fraction of sp³-hybridized carbons (Fsp3) is 0.696. The lowest BCUT2D eigenvalue weighted by Gasteiger charge is -2.23. The van der Waals surface area contributed by atoms with Gasteiger partial charge in [-0.3, -0.25) is 0 Å². The molecule has 1 aromatic carbocycles. The van der Waals surface area contributed by atoms with Crippen molar-refractivity contribution in [3.8, 4) is 0 Å². The highest BCUT2D eigenvalue weighted by Crippen LogP contribution is 2.38. The van der Waals surface area contributed by atoms with Crippen LogP contribution in [0.25, 0.3) is 0 Å². The Bertz CT molecular complexity index is 762. The number of rotatable bonds is 3. The first-order valence-electron chi connectivity index (χ1n) is 11.0. The van der Waals surface area contributed by atoms with Gasteiger partial charge in [0.2, 0.25) is 0 Å². The van der Waals surface area contributed by atoms with E-state index in [-0.39, 0.29) is 18.8 Å². The molecule has 0 saturated carbocycles. The molecular weight excluding hydrogens is 434 g/mol. The van der Waals surface area contributed by atoms with Crippen molar-refractivity contribution >= 4 is 6.72 Å². The summed E-state index contributed by atoms with van der Waals surface area (Å²) in [5.74, 6) is -1.38. The SMILES string of the molecule is C=N.CC1(C)O[C@H]2O[C@H](CO)[C@H](O)[C@H]2O1.CC1(C)O[C@H]2O[C@H](Cc3ccccc3)[C@H](O)[C@H]2O1. The number of benzene rings is 1. The van der Waals surface area contributed by atoms with Crippen molar-refractivity contribution in [2.75, 3.05) is 6.61 Å². The van der Waals surface area contributed by atoms with Crippen LogP contribution in [0.2, 0.25) is 0 Å². The van der Waals surface area contributed by atoms with Crippen molar-refractivity contribution < 1.29 is 43.7 Å². The van der Waals surface area contributed by atoms with Crippen LogP contribution in [0.5, 0.6) is 0 Å². The monoisotopic (exact) mass is 469 g/mol. The molecule has 8 atom stereocenters. The quantitative estimate of drug-likeness (QED) is 0.476. The first-order chi connectivity index (χ1) is 15.6. The Hall–Kier alpha value is -1.47. The van der Waals surface area contributed by atoms with Crippen LogP contribution >= 0.6 is 0 Å². The van der Waals surface area contributed by atoms with E-state index in [2.05, 4.69) is 6.72 Å². The van der Waals surface area contributed by atoms with Gasteiger partial charge < -0.3 is 49.2 Å². The molecule has 10 nitrogen and oxygen atoms in total. The van der Waals surface area contributed by atoms with Crippen molar-refractivity contribution in [2.45, 2.75) is 94.9 Å². The zero-order chi connectivity index (χ0) is 24.4. The van der Waals surface area contributed by atoms with Crippen molar-refractivity contribution in [3.63, 3.8) is 0 Å². The Morgan fingerprint density at radius 1 is 0.788 bits per heavy atom. The Morgan fingerprint density at radius 3 is 1.70 bits per heavy atom. The van der Waals surface area contributed by atoms with Crippen molar-refractivity contribution in [3.05, 3.63) is 35.9 Å². The maximum Gasteiger partial charge on any atom is 0.190 e. The van der Waals surface area contributed by atoms with Crippen LogP contribution in [0.3, 0.4) is 0 Å². The Labute approximate surface area is 193 Å². The van der Waals surface area contributed by atoms with E-state index in [0.717, 1.165) is 5.56 Å². The van der Waals surface area contributed by atoms with Crippen LogP contribution < -0.4 is 0 Å². The molecule has 10 heteroatoms. The van der Waals surface area contributed by atoms with Gasteiger partial charge in [-0.05, 0) is 40.0 Å². The number of hydrogen-bond acceptors (Lipinski definition) is 10. The number of fused-ring (bicyclic) bond motifs is 2. The lowest BCUT2D eigenvalue weighted by atomic mass is 10.0. The second kappa shape index (κ2) is 10.4. The lowest BCUT2D eigenvalue weighted by Crippen LogP contribution is -2.36. The standard InChI is InChI=1S/C14H18O4.C8H14O5.CH3N/c1-14(2)17-12-11(15)10(16-13(12)18-14)8-9-6-4-3-5-7-9;1-8(2)12-6-5(10)4(3-9)11-7(6)13-8;1-2/h3-7,10-13,15H,8H2,1-2H3;4-7,9-10H,3H2,1-2H3;2H,1H2/t10-,11+,12-,13-;4-,5+,6-,7-;/m11./s1. The minimum absolute atomic E-state index is 0.221. The summed E-state index contributed by atoms with van der Waals surface area (Å²) in [6.45, 7) is 9.45. The van der Waals surface area contributed by atoms with Crippen LogP contribution in [-0.2, 0) is 34.8 Å². The molecule has 186 valence electrons. The largest absolute Gasteiger partial charge is 0.394 e. The van der Waals surface area contributed by atoms with E-state index >= 15 is 0 Å². The summed E-state index contributed by atoms with van der Waals surface area (Å²) in [5, 5.41) is 34.1. The first-order valence-corrected chi connectivity index (χ1v) is 11.0. The minimum atomic E-state index is -0.809. The van der Waals surface area contributed by atoms with Gasteiger partial charge >= 0.3 is 0 Å². The Balaban J connectivity index is 0.000000181. The van der Waals surface area contributed by atoms with Crippen LogP contribution in [0.1, 0.15) is 33.3 Å². The normalized spacial score (nSPS) is 39.6. The van der Waals surface area contributed by atoms with E-state index in [9.17, 15) is 10.2 Å². The number of aliphatic hydroxyl groups is 3. The topological polar surface area (TPSA) is 140 Å². The molecule has 0 aromatic heterocycles. The highest BCUT2D eigenvalue weighted by molar-refractivity contribution is 5.16. The third kappa shape index (κ3) is 5.97. The first kappa shape index (κ1) is 26.1. The summed E-state index contributed by atoms with van der Waals surface area (Å²) in [5.41, 5.74) is 1.14. The summed E-state index contributed by atoms with van der Waals surface area (Å²) in [6.07, 6.45) is -3.51. The highest BCUT2D eigenvalue weighted by Gasteiger charge is 2.55. The van der Waals surface area contributed by atoms with Gasteiger partial charge in [0.05, 0.1) is 12.7 Å². The molecule has 0 bridgehead atoms. The van der Waals surface area contributed by atoms with E-state index in [0.29, 0.717) is 6.42 Å². The fourth-order valence-corrected chi connectivity index (χ4v) is 4.28. The average molecular weight is 470 g/mol. The summed E-state index contributed by atoms with van der Waals surface area (Å²) in [7, 11) is 0. The lowest BCUT2D eigenvalue weighted by molar-refractivity contribution is -0.218. The summed E-state index contributed by atoms with van der Waals surface area (Å²) < 4.78 is 33.0. The molecule has 0 unspecified atom stereocenters. The number of hydrogen-bond donors (Lipinski definition) is 4. The molecule has 4 fully saturated rings. The zero-order valence-electron chi connectivity index (χ0n) is 19.4. The van der Waals surface area contributed by atoms with Gasteiger partial charge in [0.15, 0.2) is 24.2 Å². The van der Waals surface area contributed by atoms with Gasteiger partial charge in [-0.2, -0.15) is 0 Å². The van der Waals surface area contributed by atoms with Crippen molar-refractivity contribution in [2.24, 2.45) is 0 Å². The van der Waals surface area contributed by atoms with Gasteiger partial charge in [-0.1, -0.05) is 30.3 Å². The second-order valence-corrected chi connectivity index (χ2v) is 9.14. The molecule has 0 amide bonds. The molecule has 4 heterocycles. The van der Waals surface area contributed by atoms with E-state index in [1.165, 1.54) is 0 Å². The van der Waals surface area contributed by atoms with Gasteiger partial charge in [-0.25, -0.2) is 0 Å². The van der Waals surface area contributed by atoms with Gasteiger partial charge in [0, 0.05) is 6.42 Å². The van der Waals surface area contributed by atoms with Gasteiger partial charge in [0.1, 0.15) is 30.5 Å². The van der Waals surface area contributed by atoms with Gasteiger partial charge in [0.25, 0.3) is 0 Å². The Morgan fingerprint density at radius 2 is 1.24 bits per heavy atom. The smallest absolute Gasteiger partial charge is 0.190 e. The molecule has 4 N–H and O–H groups in total. The van der Waals surface area contributed by atoms with Crippen LogP contribution in [-0.4, -0.2) is 89.4 Å². The third-order valence-corrected chi connectivity index (χ3v) is 5.69. The highest BCUT2D eigenvalue weighted by atomic mass is 16.8. The summed E-state index contributed by atoms with van der Waals surface area (Å²) >= 11 is 0. The Kier molecular flexibility index (Phi) is 8.26. The second-order valence-electron chi connectivity index (χ2n) is 9.14. The molecule has 4 aliphatic heterocycles.